The number of nitriles is 1. The first kappa shape index (κ1) is 21.2. The third-order valence-corrected chi connectivity index (χ3v) is 5.68. The molecule has 1 heterocycles. The smallest absolute Gasteiger partial charge is 0.298 e. The van der Waals surface area contributed by atoms with Crippen LogP contribution >= 0.6 is 11.8 Å². The van der Waals surface area contributed by atoms with Crippen LogP contribution in [0.1, 0.15) is 16.7 Å². The lowest BCUT2D eigenvalue weighted by Gasteiger charge is -2.12. The Labute approximate surface area is 189 Å². The molecule has 0 atom stereocenters. The lowest BCUT2D eigenvalue weighted by Crippen LogP contribution is -2.27. The van der Waals surface area contributed by atoms with Crippen molar-refractivity contribution < 1.29 is 19.1 Å². The van der Waals surface area contributed by atoms with Crippen molar-refractivity contribution in [3.8, 4) is 17.6 Å². The van der Waals surface area contributed by atoms with Crippen molar-refractivity contribution in [2.75, 3.05) is 12.0 Å². The Kier molecular flexibility index (Phi) is 6.24. The number of carbonyl (C=O) groups is 2. The van der Waals surface area contributed by atoms with E-state index in [-0.39, 0.29) is 17.8 Å². The summed E-state index contributed by atoms with van der Waals surface area (Å²) in [7, 11) is 1.53. The number of rotatable bonds is 6. The highest BCUT2D eigenvalue weighted by Gasteiger charge is 2.36. The van der Waals surface area contributed by atoms with Gasteiger partial charge in [0.1, 0.15) is 6.61 Å². The van der Waals surface area contributed by atoms with Crippen molar-refractivity contribution in [2.45, 2.75) is 6.61 Å². The van der Waals surface area contributed by atoms with Gasteiger partial charge in [-0.15, -0.1) is 0 Å². The molecular weight excluding hydrogens is 424 g/mol. The molecule has 7 heteroatoms. The number of benzene rings is 3. The van der Waals surface area contributed by atoms with Crippen LogP contribution < -0.4 is 14.4 Å². The Bertz CT molecular complexity index is 1250. The summed E-state index contributed by atoms with van der Waals surface area (Å²) in [6.45, 7) is 0.218. The van der Waals surface area contributed by atoms with E-state index in [2.05, 4.69) is 6.07 Å². The molecule has 4 rings (SSSR count). The summed E-state index contributed by atoms with van der Waals surface area (Å²) in [6.07, 6.45) is 1.66. The molecule has 0 saturated carbocycles. The Morgan fingerprint density at radius 1 is 1.00 bits per heavy atom. The maximum Gasteiger partial charge on any atom is 0.298 e. The highest BCUT2D eigenvalue weighted by Crippen LogP contribution is 2.37. The molecule has 0 unspecified atom stereocenters. The zero-order valence-electron chi connectivity index (χ0n) is 17.1. The summed E-state index contributed by atoms with van der Waals surface area (Å²) in [5, 5.41) is 8.89. The summed E-state index contributed by atoms with van der Waals surface area (Å²) < 4.78 is 11.3. The van der Waals surface area contributed by atoms with Gasteiger partial charge in [-0.2, -0.15) is 5.26 Å². The van der Waals surface area contributed by atoms with Crippen LogP contribution in [0.15, 0.2) is 77.7 Å². The van der Waals surface area contributed by atoms with Crippen molar-refractivity contribution in [3.63, 3.8) is 0 Å². The number of imide groups is 1. The molecule has 3 aromatic carbocycles. The summed E-state index contributed by atoms with van der Waals surface area (Å²) in [5.74, 6) is 0.629. The standard InChI is InChI=1S/C25H18N2O4S/c1-30-22-13-17(11-12-21(22)31-16-19-8-6-5-7-18(19)15-26)14-23-24(28)27(25(29)32-23)20-9-3-2-4-10-20/h2-14H,16H2,1H3/b23-14+. The molecule has 0 N–H and O–H groups in total. The van der Waals surface area contributed by atoms with Crippen LogP contribution in [0.5, 0.6) is 11.5 Å². The maximum absolute atomic E-state index is 12.8. The Morgan fingerprint density at radius 2 is 1.75 bits per heavy atom. The van der Waals surface area contributed by atoms with Gasteiger partial charge in [0.05, 0.1) is 29.3 Å². The number of thioether (sulfide) groups is 1. The predicted molar refractivity (Wildman–Crippen MR) is 123 cm³/mol. The molecule has 0 bridgehead atoms. The minimum Gasteiger partial charge on any atom is -0.493 e. The molecule has 2 amide bonds. The molecule has 6 nitrogen and oxygen atoms in total. The van der Waals surface area contributed by atoms with Crippen molar-refractivity contribution in [2.24, 2.45) is 0 Å². The van der Waals surface area contributed by atoms with Crippen LogP contribution in [-0.4, -0.2) is 18.3 Å². The average Bonchev–Trinajstić information content (AvgIpc) is 3.11. The molecule has 0 spiro atoms. The largest absolute Gasteiger partial charge is 0.493 e. The van der Waals surface area contributed by atoms with Crippen molar-refractivity contribution >= 4 is 34.7 Å². The monoisotopic (exact) mass is 442 g/mol. The van der Waals surface area contributed by atoms with Gasteiger partial charge >= 0.3 is 0 Å². The van der Waals surface area contributed by atoms with E-state index in [0.717, 1.165) is 22.2 Å². The van der Waals surface area contributed by atoms with Gasteiger partial charge in [0.25, 0.3) is 11.1 Å². The number of ether oxygens (including phenoxy) is 2. The molecular formula is C25H18N2O4S. The Hall–Kier alpha value is -4.02. The second-order valence-electron chi connectivity index (χ2n) is 6.82. The van der Waals surface area contributed by atoms with E-state index in [9.17, 15) is 14.9 Å². The fourth-order valence-electron chi connectivity index (χ4n) is 3.22. The molecule has 1 aliphatic heterocycles. The van der Waals surface area contributed by atoms with Gasteiger partial charge in [-0.05, 0) is 53.7 Å². The molecule has 32 heavy (non-hydrogen) atoms. The number of amides is 2. The number of para-hydroxylation sites is 1. The average molecular weight is 442 g/mol. The first-order valence-corrected chi connectivity index (χ1v) is 10.5. The van der Waals surface area contributed by atoms with Gasteiger partial charge < -0.3 is 9.47 Å². The lowest BCUT2D eigenvalue weighted by molar-refractivity contribution is -0.113. The molecule has 1 aliphatic rings. The number of methoxy groups -OCH3 is 1. The van der Waals surface area contributed by atoms with Gasteiger partial charge in [-0.25, -0.2) is 4.90 Å². The quantitative estimate of drug-likeness (QED) is 0.477. The van der Waals surface area contributed by atoms with Gasteiger partial charge in [0.2, 0.25) is 0 Å². The summed E-state index contributed by atoms with van der Waals surface area (Å²) in [6, 6.07) is 23.5. The topological polar surface area (TPSA) is 79.6 Å². The maximum atomic E-state index is 12.8. The van der Waals surface area contributed by atoms with Crippen LogP contribution in [0.4, 0.5) is 10.5 Å². The molecule has 1 fully saturated rings. The number of anilines is 1. The highest BCUT2D eigenvalue weighted by molar-refractivity contribution is 8.19. The predicted octanol–water partition coefficient (Wildman–Crippen LogP) is 5.39. The number of nitrogens with zero attached hydrogens (tertiary/aromatic N) is 2. The normalized spacial score (nSPS) is 14.5. The molecule has 158 valence electrons. The van der Waals surface area contributed by atoms with E-state index in [4.69, 9.17) is 9.47 Å². The Balaban J connectivity index is 1.54. The second-order valence-corrected chi connectivity index (χ2v) is 7.81. The van der Waals surface area contributed by atoms with Crippen LogP contribution in [0.3, 0.4) is 0 Å². The molecule has 0 aromatic heterocycles. The fourth-order valence-corrected chi connectivity index (χ4v) is 4.06. The van der Waals surface area contributed by atoms with Gasteiger partial charge in [-0.3, -0.25) is 9.59 Å². The van der Waals surface area contributed by atoms with Crippen molar-refractivity contribution in [3.05, 3.63) is 94.4 Å². The summed E-state index contributed by atoms with van der Waals surface area (Å²) >= 11 is 0.897. The molecule has 0 radical (unpaired) electrons. The number of hydrogen-bond acceptors (Lipinski definition) is 6. The van der Waals surface area contributed by atoms with E-state index in [1.807, 2.05) is 18.2 Å². The van der Waals surface area contributed by atoms with Crippen LogP contribution in [0.2, 0.25) is 0 Å². The van der Waals surface area contributed by atoms with Gasteiger partial charge in [0.15, 0.2) is 11.5 Å². The minimum absolute atomic E-state index is 0.218. The SMILES string of the molecule is COc1cc(/C=C2/SC(=O)N(c3ccccc3)C2=O)ccc1OCc1ccccc1C#N. The van der Waals surface area contributed by atoms with E-state index in [1.165, 1.54) is 7.11 Å². The van der Waals surface area contributed by atoms with Crippen LogP contribution in [-0.2, 0) is 11.4 Å². The second kappa shape index (κ2) is 9.41. The summed E-state index contributed by atoms with van der Waals surface area (Å²) in [4.78, 5) is 26.7. The summed E-state index contributed by atoms with van der Waals surface area (Å²) in [5.41, 5.74) is 2.57. The van der Waals surface area contributed by atoms with E-state index >= 15 is 0 Å². The van der Waals surface area contributed by atoms with Gasteiger partial charge in [0, 0.05) is 5.56 Å². The first-order valence-electron chi connectivity index (χ1n) is 9.72. The molecule has 1 saturated heterocycles. The van der Waals surface area contributed by atoms with Crippen molar-refractivity contribution in [1.29, 1.82) is 5.26 Å². The third kappa shape index (κ3) is 4.36. The van der Waals surface area contributed by atoms with E-state index in [0.29, 0.717) is 33.2 Å². The zero-order chi connectivity index (χ0) is 22.5. The minimum atomic E-state index is -0.362. The van der Waals surface area contributed by atoms with Crippen LogP contribution in [0.25, 0.3) is 6.08 Å². The van der Waals surface area contributed by atoms with Gasteiger partial charge in [-0.1, -0.05) is 42.5 Å². The third-order valence-electron chi connectivity index (χ3n) is 4.81. The Morgan fingerprint density at radius 3 is 2.50 bits per heavy atom. The number of carbonyl (C=O) groups excluding carboxylic acids is 2. The van der Waals surface area contributed by atoms with E-state index < -0.39 is 0 Å². The zero-order valence-corrected chi connectivity index (χ0v) is 18.0. The van der Waals surface area contributed by atoms with Crippen LogP contribution in [0, 0.1) is 11.3 Å². The number of hydrogen-bond donors (Lipinski definition) is 0. The lowest BCUT2D eigenvalue weighted by atomic mass is 10.1. The van der Waals surface area contributed by atoms with E-state index in [1.54, 1.807) is 60.7 Å². The first-order chi connectivity index (χ1) is 15.6. The molecule has 0 aliphatic carbocycles. The molecule has 3 aromatic rings. The highest BCUT2D eigenvalue weighted by atomic mass is 32.2. The van der Waals surface area contributed by atoms with Crippen molar-refractivity contribution in [1.82, 2.24) is 0 Å². The fraction of sp³-hybridized carbons (Fsp3) is 0.0800.